The Labute approximate surface area is 189 Å². The molecule has 0 aromatic heterocycles. The normalized spacial score (nSPS) is 11.4. The van der Waals surface area contributed by atoms with Crippen molar-refractivity contribution in [1.29, 1.82) is 0 Å². The Kier molecular flexibility index (Phi) is 17.1. The number of unbranched alkanes of at least 4 members (excludes halogenated alkanes) is 13. The van der Waals surface area contributed by atoms with Gasteiger partial charge in [0, 0.05) is 20.3 Å². The van der Waals surface area contributed by atoms with Crippen molar-refractivity contribution in [2.45, 2.75) is 143 Å². The number of hydrogen-bond donors (Lipinski definition) is 0. The summed E-state index contributed by atoms with van der Waals surface area (Å²) in [4.78, 5) is 35.7. The van der Waals surface area contributed by atoms with Crippen molar-refractivity contribution < 1.29 is 28.6 Å². The summed E-state index contributed by atoms with van der Waals surface area (Å²) in [5, 5.41) is 0. The van der Waals surface area contributed by atoms with E-state index in [9.17, 15) is 14.4 Å². The third-order valence-electron chi connectivity index (χ3n) is 5.13. The minimum atomic E-state index is -1.99. The van der Waals surface area contributed by atoms with Crippen molar-refractivity contribution in [3.05, 3.63) is 0 Å². The zero-order chi connectivity index (χ0) is 23.5. The fourth-order valence-corrected chi connectivity index (χ4v) is 3.63. The molecule has 0 atom stereocenters. The smallest absolute Gasteiger partial charge is 0.393 e. The summed E-state index contributed by atoms with van der Waals surface area (Å²) in [6.45, 7) is 8.00. The second kappa shape index (κ2) is 18.0. The summed E-state index contributed by atoms with van der Waals surface area (Å²) >= 11 is 0. The second-order valence-corrected chi connectivity index (χ2v) is 8.74. The van der Waals surface area contributed by atoms with Crippen LogP contribution in [0.15, 0.2) is 0 Å². The summed E-state index contributed by atoms with van der Waals surface area (Å²) in [5.74, 6) is -4.19. The fourth-order valence-electron chi connectivity index (χ4n) is 3.63. The molecule has 6 nitrogen and oxygen atoms in total. The first-order valence-electron chi connectivity index (χ1n) is 12.3. The molecule has 0 aliphatic rings. The monoisotopic (exact) mass is 442 g/mol. The van der Waals surface area contributed by atoms with Crippen LogP contribution in [-0.4, -0.2) is 29.8 Å². The highest BCUT2D eigenvalue weighted by Gasteiger charge is 2.47. The molecule has 0 amide bonds. The number of carbonyl (C=O) groups excluding carboxylic acids is 3. The molecule has 0 radical (unpaired) electrons. The number of esters is 3. The van der Waals surface area contributed by atoms with E-state index < -0.39 is 29.8 Å². The molecule has 0 N–H and O–H groups in total. The molecular weight excluding hydrogens is 396 g/mol. The molecule has 31 heavy (non-hydrogen) atoms. The first kappa shape index (κ1) is 29.4. The number of hydrogen-bond acceptors (Lipinski definition) is 6. The molecule has 0 aromatic carbocycles. The molecule has 0 saturated carbocycles. The van der Waals surface area contributed by atoms with Gasteiger partial charge in [-0.25, -0.2) is 4.79 Å². The molecule has 0 bridgehead atoms. The minimum absolute atomic E-state index is 0.107. The van der Waals surface area contributed by atoms with Gasteiger partial charge in [0.2, 0.25) is 0 Å². The van der Waals surface area contributed by atoms with Gasteiger partial charge in [0.1, 0.15) is 0 Å². The van der Waals surface area contributed by atoms with Gasteiger partial charge in [-0.2, -0.15) is 0 Å². The van der Waals surface area contributed by atoms with E-state index in [-0.39, 0.29) is 6.42 Å². The summed E-state index contributed by atoms with van der Waals surface area (Å²) in [6, 6.07) is 0. The van der Waals surface area contributed by atoms with Gasteiger partial charge in [-0.15, -0.1) is 0 Å². The average molecular weight is 443 g/mol. The Bertz CT molecular complexity index is 484. The first-order valence-corrected chi connectivity index (χ1v) is 12.3. The third-order valence-corrected chi connectivity index (χ3v) is 5.13. The van der Waals surface area contributed by atoms with Crippen molar-refractivity contribution in [1.82, 2.24) is 0 Å². The molecule has 0 heterocycles. The molecule has 0 unspecified atom stereocenters. The topological polar surface area (TPSA) is 78.9 Å². The number of ether oxygens (including phenoxy) is 3. The minimum Gasteiger partial charge on any atom is -0.457 e. The predicted octanol–water partition coefficient (Wildman–Crippen LogP) is 6.63. The van der Waals surface area contributed by atoms with E-state index in [1.165, 1.54) is 78.1 Å². The average Bonchev–Trinajstić information content (AvgIpc) is 2.66. The number of rotatable bonds is 19. The van der Waals surface area contributed by atoms with Gasteiger partial charge in [-0.05, 0) is 20.3 Å². The Hall–Kier alpha value is -1.59. The molecule has 0 aliphatic carbocycles. The van der Waals surface area contributed by atoms with E-state index in [1.807, 2.05) is 0 Å². The summed E-state index contributed by atoms with van der Waals surface area (Å²) in [5.41, 5.74) is 0. The lowest BCUT2D eigenvalue weighted by atomic mass is 10.0. The van der Waals surface area contributed by atoms with Crippen LogP contribution in [0.4, 0.5) is 0 Å². The highest BCUT2D eigenvalue weighted by Crippen LogP contribution is 2.26. The summed E-state index contributed by atoms with van der Waals surface area (Å²) in [7, 11) is 0. The Morgan fingerprint density at radius 3 is 1.32 bits per heavy atom. The maximum absolute atomic E-state index is 12.5. The van der Waals surface area contributed by atoms with E-state index in [0.29, 0.717) is 6.42 Å². The van der Waals surface area contributed by atoms with Gasteiger partial charge >= 0.3 is 23.7 Å². The molecule has 6 heteroatoms. The summed E-state index contributed by atoms with van der Waals surface area (Å²) in [6.07, 6.45) is 16.6. The zero-order valence-electron chi connectivity index (χ0n) is 20.6. The lowest BCUT2D eigenvalue weighted by Crippen LogP contribution is -2.48. The molecule has 0 spiro atoms. The van der Waals surface area contributed by atoms with Gasteiger partial charge < -0.3 is 14.2 Å². The fraction of sp³-hybridized carbons (Fsp3) is 0.880. The van der Waals surface area contributed by atoms with E-state index in [4.69, 9.17) is 14.2 Å². The highest BCUT2D eigenvalue weighted by molar-refractivity contribution is 5.84. The van der Waals surface area contributed by atoms with Crippen molar-refractivity contribution in [2.24, 2.45) is 0 Å². The second-order valence-electron chi connectivity index (χ2n) is 8.74. The molecule has 0 aliphatic heterocycles. The predicted molar refractivity (Wildman–Crippen MR) is 122 cm³/mol. The SMILES string of the molecule is CCCCCCCCCCCCCCCCC(OC(C)=O)(OC(C)=O)C(=O)OC(C)C. The van der Waals surface area contributed by atoms with Crippen LogP contribution in [0.2, 0.25) is 0 Å². The van der Waals surface area contributed by atoms with Crippen LogP contribution in [0, 0.1) is 0 Å². The van der Waals surface area contributed by atoms with E-state index in [1.54, 1.807) is 13.8 Å². The van der Waals surface area contributed by atoms with Crippen molar-refractivity contribution >= 4 is 17.9 Å². The third kappa shape index (κ3) is 15.8. The Morgan fingerprint density at radius 1 is 0.645 bits per heavy atom. The standard InChI is InChI=1S/C25H46O6/c1-6-7-8-9-10-11-12-13-14-15-16-17-18-19-20-25(30-22(4)26,31-23(5)27)24(28)29-21(2)3/h21H,6-20H2,1-5H3. The van der Waals surface area contributed by atoms with Crippen LogP contribution in [0.1, 0.15) is 131 Å². The van der Waals surface area contributed by atoms with Crippen molar-refractivity contribution in [3.63, 3.8) is 0 Å². The Balaban J connectivity index is 4.17. The van der Waals surface area contributed by atoms with Crippen LogP contribution in [0.25, 0.3) is 0 Å². The molecule has 182 valence electrons. The van der Waals surface area contributed by atoms with Gasteiger partial charge in [0.25, 0.3) is 0 Å². The van der Waals surface area contributed by atoms with Crippen molar-refractivity contribution in [3.8, 4) is 0 Å². The van der Waals surface area contributed by atoms with E-state index in [2.05, 4.69) is 6.92 Å². The largest absolute Gasteiger partial charge is 0.457 e. The lowest BCUT2D eigenvalue weighted by Gasteiger charge is -2.30. The van der Waals surface area contributed by atoms with Crippen LogP contribution < -0.4 is 0 Å². The highest BCUT2D eigenvalue weighted by atomic mass is 16.8. The Morgan fingerprint density at radius 2 is 1.00 bits per heavy atom. The van der Waals surface area contributed by atoms with Crippen molar-refractivity contribution in [2.75, 3.05) is 0 Å². The molecule has 0 rings (SSSR count). The van der Waals surface area contributed by atoms with Crippen LogP contribution >= 0.6 is 0 Å². The van der Waals surface area contributed by atoms with Gasteiger partial charge in [0.15, 0.2) is 0 Å². The van der Waals surface area contributed by atoms with Gasteiger partial charge in [0.05, 0.1) is 6.10 Å². The first-order chi connectivity index (χ1) is 14.7. The molecule has 0 aromatic rings. The van der Waals surface area contributed by atoms with Gasteiger partial charge in [-0.3, -0.25) is 9.59 Å². The zero-order valence-corrected chi connectivity index (χ0v) is 20.6. The maximum atomic E-state index is 12.5. The maximum Gasteiger partial charge on any atom is 0.393 e. The number of carbonyl (C=O) groups is 3. The molecule has 0 saturated heterocycles. The van der Waals surface area contributed by atoms with Crippen LogP contribution in [0.5, 0.6) is 0 Å². The van der Waals surface area contributed by atoms with Crippen LogP contribution in [-0.2, 0) is 28.6 Å². The quantitative estimate of drug-likeness (QED) is 0.127. The van der Waals surface area contributed by atoms with Crippen LogP contribution in [0.3, 0.4) is 0 Å². The molecule has 0 fully saturated rings. The molecular formula is C25H46O6. The van der Waals surface area contributed by atoms with E-state index in [0.717, 1.165) is 19.3 Å². The van der Waals surface area contributed by atoms with E-state index >= 15 is 0 Å². The lowest BCUT2D eigenvalue weighted by molar-refractivity contribution is -0.242. The summed E-state index contributed by atoms with van der Waals surface area (Å²) < 4.78 is 15.5. The van der Waals surface area contributed by atoms with Gasteiger partial charge in [-0.1, -0.05) is 90.4 Å².